The summed E-state index contributed by atoms with van der Waals surface area (Å²) in [6, 6.07) is 43.7. The molecular weight excluding hydrogens is 467 g/mol. The first-order valence-electron chi connectivity index (χ1n) is 11.4. The summed E-state index contributed by atoms with van der Waals surface area (Å²) in [6.45, 7) is 1.95. The molecule has 0 aliphatic heterocycles. The van der Waals surface area contributed by atoms with Crippen LogP contribution in [0.5, 0.6) is 0 Å². The minimum atomic E-state index is -2.07. The van der Waals surface area contributed by atoms with Crippen LogP contribution in [0.2, 0.25) is 0 Å². The number of rotatable bonds is 6. The van der Waals surface area contributed by atoms with E-state index in [1.807, 2.05) is 61.5 Å². The van der Waals surface area contributed by atoms with Crippen LogP contribution in [0.25, 0.3) is 22.3 Å². The Labute approximate surface area is 210 Å². The van der Waals surface area contributed by atoms with Gasteiger partial charge in [0.15, 0.2) is 11.1 Å². The lowest BCUT2D eigenvalue weighted by Crippen LogP contribution is -2.24. The summed E-state index contributed by atoms with van der Waals surface area (Å²) in [5, 5.41) is 3.19. The van der Waals surface area contributed by atoms with Crippen molar-refractivity contribution in [3.8, 4) is 22.3 Å². The summed E-state index contributed by atoms with van der Waals surface area (Å²) in [4.78, 5) is 0.482. The van der Waals surface area contributed by atoms with Crippen LogP contribution in [0, 0.1) is 6.92 Å². The quantitative estimate of drug-likeness (QED) is 0.212. The third kappa shape index (κ3) is 5.18. The van der Waals surface area contributed by atoms with Crippen molar-refractivity contribution in [3.05, 3.63) is 133 Å². The molecule has 0 saturated heterocycles. The average molecular weight is 493 g/mol. The largest absolute Gasteiger partial charge is 0.302 e. The normalized spacial score (nSPS) is 12.0. The van der Waals surface area contributed by atoms with Gasteiger partial charge in [-0.25, -0.2) is 4.21 Å². The van der Waals surface area contributed by atoms with Gasteiger partial charge in [0.25, 0.3) is 0 Å². The SMILES string of the molecule is Cc1ccc(P(c2ccc(-c3ccccc3)cc2)c2ccc(-c3ccccc3)cc2)c(S(=O)O)c1. The number of hydrogen-bond acceptors (Lipinski definition) is 1. The zero-order valence-electron chi connectivity index (χ0n) is 19.3. The Balaban J connectivity index is 1.61. The molecule has 0 heterocycles. The van der Waals surface area contributed by atoms with Crippen LogP contribution in [-0.2, 0) is 11.1 Å². The summed E-state index contributed by atoms with van der Waals surface area (Å²) in [5.41, 5.74) is 5.61. The van der Waals surface area contributed by atoms with Gasteiger partial charge in [0.2, 0.25) is 0 Å². The van der Waals surface area contributed by atoms with Crippen molar-refractivity contribution in [3.63, 3.8) is 0 Å². The predicted octanol–water partition coefficient (Wildman–Crippen LogP) is 6.67. The van der Waals surface area contributed by atoms with Gasteiger partial charge in [-0.15, -0.1) is 0 Å². The first kappa shape index (κ1) is 23.4. The molecule has 0 amide bonds. The highest BCUT2D eigenvalue weighted by molar-refractivity contribution is 7.83. The molecule has 1 unspecified atom stereocenters. The Morgan fingerprint density at radius 3 is 1.43 bits per heavy atom. The molecule has 0 saturated carbocycles. The second-order valence-electron chi connectivity index (χ2n) is 8.38. The van der Waals surface area contributed by atoms with Crippen LogP contribution in [-0.4, -0.2) is 8.76 Å². The van der Waals surface area contributed by atoms with E-state index < -0.39 is 19.0 Å². The zero-order chi connectivity index (χ0) is 24.2. The fraction of sp³-hybridized carbons (Fsp3) is 0.0323. The van der Waals surface area contributed by atoms with Crippen molar-refractivity contribution in [2.45, 2.75) is 11.8 Å². The lowest BCUT2D eigenvalue weighted by atomic mass is 10.1. The summed E-state index contributed by atoms with van der Waals surface area (Å²) in [5.74, 6) is 0. The zero-order valence-corrected chi connectivity index (χ0v) is 21.0. The van der Waals surface area contributed by atoms with Crippen molar-refractivity contribution >= 4 is 34.9 Å². The topological polar surface area (TPSA) is 37.3 Å². The van der Waals surface area contributed by atoms with Gasteiger partial charge in [0.1, 0.15) is 0 Å². The highest BCUT2D eigenvalue weighted by Gasteiger charge is 2.22. The Morgan fingerprint density at radius 2 is 1.00 bits per heavy atom. The second-order valence-corrected chi connectivity index (χ2v) is 11.5. The van der Waals surface area contributed by atoms with E-state index in [-0.39, 0.29) is 0 Å². The smallest absolute Gasteiger partial charge is 0.187 e. The maximum atomic E-state index is 12.3. The molecule has 172 valence electrons. The molecule has 5 aromatic rings. The molecular formula is C31H25O2PS. The van der Waals surface area contributed by atoms with Gasteiger partial charge < -0.3 is 4.55 Å². The number of hydrogen-bond donors (Lipinski definition) is 1. The molecule has 1 atom stereocenters. The van der Waals surface area contributed by atoms with Gasteiger partial charge >= 0.3 is 0 Å². The molecule has 5 aromatic carbocycles. The van der Waals surface area contributed by atoms with Gasteiger partial charge in [0.05, 0.1) is 4.90 Å². The Morgan fingerprint density at radius 1 is 0.571 bits per heavy atom. The molecule has 0 spiro atoms. The fourth-order valence-electron chi connectivity index (χ4n) is 4.24. The maximum Gasteiger partial charge on any atom is 0.187 e. The van der Waals surface area contributed by atoms with Crippen LogP contribution in [0.15, 0.2) is 132 Å². The van der Waals surface area contributed by atoms with Gasteiger partial charge in [-0.3, -0.25) is 0 Å². The summed E-state index contributed by atoms with van der Waals surface area (Å²) in [6.07, 6.45) is 0. The Hall–Kier alpha value is -3.36. The molecule has 0 aliphatic carbocycles. The predicted molar refractivity (Wildman–Crippen MR) is 150 cm³/mol. The van der Waals surface area contributed by atoms with Gasteiger partial charge in [-0.2, -0.15) is 0 Å². The minimum Gasteiger partial charge on any atom is -0.302 e. The Bertz CT molecular complexity index is 1370. The first-order valence-corrected chi connectivity index (χ1v) is 13.9. The van der Waals surface area contributed by atoms with E-state index in [9.17, 15) is 8.76 Å². The molecule has 0 bridgehead atoms. The standard InChI is InChI=1S/C31H25O2PS/c1-23-12-21-30(31(22-23)35(32)33)34(28-17-13-26(14-18-28)24-8-4-2-5-9-24)29-19-15-27(16-20-29)25-10-6-3-7-11-25/h2-22H,1H3,(H,32,33). The summed E-state index contributed by atoms with van der Waals surface area (Å²) >= 11 is -2.07. The van der Waals surface area contributed by atoms with E-state index in [1.54, 1.807) is 0 Å². The minimum absolute atomic E-state index is 0.482. The highest BCUT2D eigenvalue weighted by Crippen LogP contribution is 2.36. The van der Waals surface area contributed by atoms with Crippen molar-refractivity contribution in [2.24, 2.45) is 0 Å². The van der Waals surface area contributed by atoms with Gasteiger partial charge in [-0.1, -0.05) is 121 Å². The molecule has 1 N–H and O–H groups in total. The van der Waals surface area contributed by atoms with Crippen molar-refractivity contribution in [1.82, 2.24) is 0 Å². The van der Waals surface area contributed by atoms with Crippen LogP contribution in [0.3, 0.4) is 0 Å². The van der Waals surface area contributed by atoms with Crippen LogP contribution >= 0.6 is 7.92 Å². The maximum absolute atomic E-state index is 12.3. The van der Waals surface area contributed by atoms with Crippen LogP contribution < -0.4 is 15.9 Å². The van der Waals surface area contributed by atoms with Crippen molar-refractivity contribution in [2.75, 3.05) is 0 Å². The number of aryl methyl sites for hydroxylation is 1. The van der Waals surface area contributed by atoms with Crippen molar-refractivity contribution < 1.29 is 8.76 Å². The lowest BCUT2D eigenvalue weighted by molar-refractivity contribution is 0.565. The fourth-order valence-corrected chi connectivity index (χ4v) is 7.54. The second kappa shape index (κ2) is 10.5. The summed E-state index contributed by atoms with van der Waals surface area (Å²) in [7, 11) is -1.03. The van der Waals surface area contributed by atoms with E-state index in [1.165, 1.54) is 11.1 Å². The van der Waals surface area contributed by atoms with E-state index >= 15 is 0 Å². The van der Waals surface area contributed by atoms with E-state index in [0.717, 1.165) is 32.6 Å². The van der Waals surface area contributed by atoms with Gasteiger partial charge in [0, 0.05) is 5.30 Å². The first-order chi connectivity index (χ1) is 17.1. The molecule has 0 fully saturated rings. The van der Waals surface area contributed by atoms with E-state index in [2.05, 4.69) is 72.8 Å². The molecule has 0 radical (unpaired) electrons. The molecule has 0 aliphatic rings. The monoisotopic (exact) mass is 492 g/mol. The lowest BCUT2D eigenvalue weighted by Gasteiger charge is -2.22. The highest BCUT2D eigenvalue weighted by atomic mass is 32.2. The molecule has 0 aromatic heterocycles. The third-order valence-corrected chi connectivity index (χ3v) is 9.38. The van der Waals surface area contributed by atoms with E-state index in [4.69, 9.17) is 0 Å². The van der Waals surface area contributed by atoms with Crippen LogP contribution in [0.4, 0.5) is 0 Å². The number of benzene rings is 5. The summed E-state index contributed by atoms with van der Waals surface area (Å²) < 4.78 is 22.5. The van der Waals surface area contributed by atoms with Gasteiger partial charge in [-0.05, 0) is 59.3 Å². The Kier molecular flexibility index (Phi) is 7.01. The molecule has 35 heavy (non-hydrogen) atoms. The van der Waals surface area contributed by atoms with Crippen molar-refractivity contribution in [1.29, 1.82) is 0 Å². The van der Waals surface area contributed by atoms with Crippen LogP contribution in [0.1, 0.15) is 5.56 Å². The molecule has 2 nitrogen and oxygen atoms in total. The average Bonchev–Trinajstić information content (AvgIpc) is 2.91. The molecule has 5 rings (SSSR count). The third-order valence-electron chi connectivity index (χ3n) is 6.01. The molecule has 4 heteroatoms. The van der Waals surface area contributed by atoms with E-state index in [0.29, 0.717) is 4.90 Å².